The lowest BCUT2D eigenvalue weighted by Gasteiger charge is -2.30. The first kappa shape index (κ1) is 38.9. The fraction of sp³-hybridized carbons (Fsp3) is 0.600. The number of ether oxygens (including phenoxy) is 4. The minimum absolute atomic E-state index is 0.000542. The van der Waals surface area contributed by atoms with Crippen molar-refractivity contribution >= 4 is 11.9 Å². The lowest BCUT2D eigenvalue weighted by Crippen LogP contribution is -2.42. The number of amides is 1. The smallest absolute Gasteiger partial charge is 0.311 e. The minimum atomic E-state index is -1.15. The minimum Gasteiger partial charge on any atom is -0.497 e. The molecule has 1 fully saturated rings. The van der Waals surface area contributed by atoms with Gasteiger partial charge in [0.1, 0.15) is 18.5 Å². The molecule has 4 atom stereocenters. The highest BCUT2D eigenvalue weighted by Gasteiger charge is 2.49. The average molecular weight is 717 g/mol. The Labute approximate surface area is 297 Å². The number of benzene rings is 2. The van der Waals surface area contributed by atoms with Crippen LogP contribution in [0.25, 0.3) is 0 Å². The van der Waals surface area contributed by atoms with Gasteiger partial charge in [-0.3, -0.25) is 14.5 Å². The molecule has 2 heterocycles. The first-order valence-corrected chi connectivity index (χ1v) is 17.5. The summed E-state index contributed by atoms with van der Waals surface area (Å²) in [7, 11) is 1.58. The van der Waals surface area contributed by atoms with Crippen LogP contribution >= 0.6 is 0 Å². The summed E-state index contributed by atoms with van der Waals surface area (Å²) in [5.74, 6) is 0.291. The number of carbonyl (C=O) groups is 2. The van der Waals surface area contributed by atoms with Crippen molar-refractivity contribution in [1.29, 1.82) is 0 Å². The lowest BCUT2D eigenvalue weighted by molar-refractivity contribution is -0.790. The molecule has 0 bridgehead atoms. The highest BCUT2D eigenvalue weighted by atomic mass is 17.0. The molecule has 3 unspecified atom stereocenters. The van der Waals surface area contributed by atoms with Crippen LogP contribution in [0.2, 0.25) is 0 Å². The van der Waals surface area contributed by atoms with Gasteiger partial charge in [-0.2, -0.15) is 0 Å². The van der Waals surface area contributed by atoms with Crippen molar-refractivity contribution in [3.63, 3.8) is 0 Å². The van der Waals surface area contributed by atoms with E-state index in [1.54, 1.807) is 7.11 Å². The zero-order valence-corrected chi connectivity index (χ0v) is 29.4. The summed E-state index contributed by atoms with van der Waals surface area (Å²) in [6.45, 7) is 5.53. The van der Waals surface area contributed by atoms with Gasteiger partial charge in [0.2, 0.25) is 12.7 Å². The second-order valence-electron chi connectivity index (χ2n) is 12.6. The molecule has 51 heavy (non-hydrogen) atoms. The van der Waals surface area contributed by atoms with Crippen molar-refractivity contribution in [2.45, 2.75) is 76.9 Å². The molecule has 2 aliphatic heterocycles. The number of hydrogen-bond donors (Lipinski definition) is 0. The molecule has 16 nitrogen and oxygen atoms in total. The highest BCUT2D eigenvalue weighted by molar-refractivity contribution is 5.80. The molecule has 0 spiro atoms. The molecule has 2 aliphatic rings. The highest BCUT2D eigenvalue weighted by Crippen LogP contribution is 2.48. The zero-order chi connectivity index (χ0) is 36.8. The second-order valence-corrected chi connectivity index (χ2v) is 12.6. The van der Waals surface area contributed by atoms with E-state index in [1.165, 1.54) is 0 Å². The largest absolute Gasteiger partial charge is 0.497 e. The topological polar surface area (TPSA) is 182 Å². The Morgan fingerprint density at radius 1 is 0.941 bits per heavy atom. The molecule has 0 aromatic heterocycles. The number of likely N-dealkylation sites (tertiary alicyclic amines) is 1. The number of rotatable bonds is 22. The summed E-state index contributed by atoms with van der Waals surface area (Å²) in [6.07, 6.45) is 3.29. The van der Waals surface area contributed by atoms with E-state index in [0.717, 1.165) is 36.8 Å². The zero-order valence-electron chi connectivity index (χ0n) is 29.4. The normalized spacial score (nSPS) is 18.5. The van der Waals surface area contributed by atoms with Crippen LogP contribution in [-0.2, 0) is 24.0 Å². The van der Waals surface area contributed by atoms with Gasteiger partial charge in [-0.15, -0.1) is 20.2 Å². The SMILES string of the molecule is CCCCN(CCCC)C(=O)CN1CC(c2ccc3c(c2)OCO3)[C@@H](C(=O)OCCCCC(CO[N+](=O)[O-])O[N+](=O)[O-])C1c1ccc(OC)cc1. The number of hydrogen-bond acceptors (Lipinski definition) is 13. The van der Waals surface area contributed by atoms with Gasteiger partial charge in [-0.25, -0.2) is 0 Å². The summed E-state index contributed by atoms with van der Waals surface area (Å²) < 4.78 is 22.5. The van der Waals surface area contributed by atoms with Crippen molar-refractivity contribution < 1.29 is 48.4 Å². The number of carbonyl (C=O) groups excluding carboxylic acids is 2. The van der Waals surface area contributed by atoms with Gasteiger partial charge in [0.25, 0.3) is 10.2 Å². The molecule has 1 amide bonds. The Morgan fingerprint density at radius 3 is 2.27 bits per heavy atom. The van der Waals surface area contributed by atoms with E-state index in [9.17, 15) is 29.8 Å². The van der Waals surface area contributed by atoms with Crippen molar-refractivity contribution in [3.8, 4) is 17.2 Å². The third kappa shape index (κ3) is 11.1. The first-order valence-electron chi connectivity index (χ1n) is 17.5. The average Bonchev–Trinajstić information content (AvgIpc) is 3.74. The van der Waals surface area contributed by atoms with E-state index in [2.05, 4.69) is 28.4 Å². The molecule has 4 rings (SSSR count). The lowest BCUT2D eigenvalue weighted by atomic mass is 9.82. The summed E-state index contributed by atoms with van der Waals surface area (Å²) in [5.41, 5.74) is 1.67. The van der Waals surface area contributed by atoms with Gasteiger partial charge in [0.05, 0.1) is 26.2 Å². The Kier molecular flexibility index (Phi) is 14.9. The predicted molar refractivity (Wildman–Crippen MR) is 182 cm³/mol. The van der Waals surface area contributed by atoms with E-state index in [4.69, 9.17) is 18.9 Å². The molecule has 0 radical (unpaired) electrons. The molecule has 1 saturated heterocycles. The molecule has 280 valence electrons. The van der Waals surface area contributed by atoms with Crippen LogP contribution in [0, 0.1) is 26.1 Å². The Hall–Kier alpha value is -4.86. The summed E-state index contributed by atoms with van der Waals surface area (Å²) in [4.78, 5) is 62.3. The van der Waals surface area contributed by atoms with Crippen LogP contribution < -0.4 is 14.2 Å². The van der Waals surface area contributed by atoms with Crippen LogP contribution in [0.5, 0.6) is 17.2 Å². The summed E-state index contributed by atoms with van der Waals surface area (Å²) in [6, 6.07) is 12.5. The Bertz CT molecular complexity index is 1450. The number of esters is 1. The van der Waals surface area contributed by atoms with Crippen molar-refractivity contribution in [2.75, 3.05) is 53.3 Å². The number of methoxy groups -OCH3 is 1. The standard InChI is InChI=1S/C35H48N4O12/c1-4-6-17-36(18-7-5-2)32(40)22-37-21-29(26-13-16-30-31(20-26)49-24-48-30)33(34(37)25-11-14-27(46-3)15-12-25)35(41)47-19-9-8-10-28(51-39(44)45)23-50-38(42)43/h11-16,20,28-29,33-34H,4-10,17-19,21-24H2,1-3H3/t28?,29?,33-,34?/m1/s1. The monoisotopic (exact) mass is 716 g/mol. The van der Waals surface area contributed by atoms with Crippen LogP contribution in [0.4, 0.5) is 0 Å². The van der Waals surface area contributed by atoms with Gasteiger partial charge in [0.15, 0.2) is 11.5 Å². The third-order valence-corrected chi connectivity index (χ3v) is 9.17. The van der Waals surface area contributed by atoms with Crippen LogP contribution in [0.15, 0.2) is 42.5 Å². The van der Waals surface area contributed by atoms with E-state index in [0.29, 0.717) is 49.7 Å². The Morgan fingerprint density at radius 2 is 1.63 bits per heavy atom. The van der Waals surface area contributed by atoms with Crippen LogP contribution in [0.3, 0.4) is 0 Å². The van der Waals surface area contributed by atoms with E-state index >= 15 is 0 Å². The fourth-order valence-electron chi connectivity index (χ4n) is 6.57. The van der Waals surface area contributed by atoms with Crippen molar-refractivity contribution in [3.05, 3.63) is 73.8 Å². The summed E-state index contributed by atoms with van der Waals surface area (Å²) in [5, 5.41) is 19.3. The molecule has 0 N–H and O–H groups in total. The van der Waals surface area contributed by atoms with E-state index in [-0.39, 0.29) is 38.2 Å². The quantitative estimate of drug-likeness (QED) is 0.0679. The predicted octanol–water partition coefficient (Wildman–Crippen LogP) is 5.11. The maximum Gasteiger partial charge on any atom is 0.311 e. The maximum atomic E-state index is 14.2. The van der Waals surface area contributed by atoms with Gasteiger partial charge >= 0.3 is 5.97 Å². The van der Waals surface area contributed by atoms with Crippen LogP contribution in [0.1, 0.15) is 81.9 Å². The molecule has 0 aliphatic carbocycles. The van der Waals surface area contributed by atoms with Gasteiger partial charge in [-0.05, 0) is 67.5 Å². The van der Waals surface area contributed by atoms with Crippen molar-refractivity contribution in [1.82, 2.24) is 9.80 Å². The van der Waals surface area contributed by atoms with Gasteiger partial charge in [0, 0.05) is 31.6 Å². The molecule has 2 aromatic carbocycles. The second kappa shape index (κ2) is 19.5. The van der Waals surface area contributed by atoms with E-state index in [1.807, 2.05) is 47.4 Å². The number of unbranched alkanes of at least 4 members (excludes halogenated alkanes) is 3. The van der Waals surface area contributed by atoms with Crippen molar-refractivity contribution in [2.24, 2.45) is 5.92 Å². The molecule has 2 aromatic rings. The molecular weight excluding hydrogens is 668 g/mol. The number of fused-ring (bicyclic) bond motifs is 1. The third-order valence-electron chi connectivity index (χ3n) is 9.17. The fourth-order valence-corrected chi connectivity index (χ4v) is 6.57. The first-order chi connectivity index (χ1) is 24.6. The Balaban J connectivity index is 1.59. The molecule has 0 saturated carbocycles. The molecule has 16 heteroatoms. The number of nitrogens with zero attached hydrogens (tertiary/aromatic N) is 4. The van der Waals surface area contributed by atoms with Gasteiger partial charge in [-0.1, -0.05) is 44.9 Å². The maximum absolute atomic E-state index is 14.2. The van der Waals surface area contributed by atoms with E-state index < -0.39 is 40.8 Å². The summed E-state index contributed by atoms with van der Waals surface area (Å²) >= 11 is 0. The van der Waals surface area contributed by atoms with Crippen LogP contribution in [-0.4, -0.2) is 91.2 Å². The van der Waals surface area contributed by atoms with Gasteiger partial charge < -0.3 is 33.5 Å². The molecular formula is C35H48N4O12.